The lowest BCUT2D eigenvalue weighted by molar-refractivity contribution is -0.233. The average Bonchev–Trinajstić information content (AvgIpc) is 2.77. The topological polar surface area (TPSA) is 158 Å². The van der Waals surface area contributed by atoms with Crippen LogP contribution in [0.4, 0.5) is 4.79 Å². The van der Waals surface area contributed by atoms with Gasteiger partial charge < -0.3 is 24.8 Å². The summed E-state index contributed by atoms with van der Waals surface area (Å²) < 4.78 is 31.5. The second-order valence-electron chi connectivity index (χ2n) is 7.51. The van der Waals surface area contributed by atoms with Crippen molar-refractivity contribution < 1.29 is 47.4 Å². The number of carboxylic acids is 1. The fourth-order valence-corrected chi connectivity index (χ4v) is 3.92. The first-order valence-electron chi connectivity index (χ1n) is 10.6. The summed E-state index contributed by atoms with van der Waals surface area (Å²) in [7, 11) is -2.91. The maximum Gasteiger partial charge on any atom is 0.704 e. The predicted octanol–water partition coefficient (Wildman–Crippen LogP) is 2.35. The molecule has 0 bridgehead atoms. The fourth-order valence-electron chi connectivity index (χ4n) is 3.33. The molecule has 186 valence electrons. The Bertz CT molecular complexity index is 866. The minimum Gasteiger partial charge on any atom is -0.480 e. The molecule has 12 nitrogen and oxygen atoms in total. The van der Waals surface area contributed by atoms with E-state index < -0.39 is 50.8 Å². The van der Waals surface area contributed by atoms with Gasteiger partial charge >= 0.3 is 38.7 Å². The van der Waals surface area contributed by atoms with Gasteiger partial charge in [-0.15, -0.1) is 4.52 Å². The molecule has 2 amide bonds. The van der Waals surface area contributed by atoms with Gasteiger partial charge in [0.25, 0.3) is 0 Å². The van der Waals surface area contributed by atoms with Gasteiger partial charge in [-0.1, -0.05) is 30.3 Å². The number of hydrogen-bond donors (Lipinski definition) is 2. The molecule has 0 radical (unpaired) electrons. The number of urea groups is 1. The zero-order valence-electron chi connectivity index (χ0n) is 18.9. The molecule has 0 aliphatic carbocycles. The highest BCUT2D eigenvalue weighted by Crippen LogP contribution is 2.28. The minimum atomic E-state index is -2.91. The number of nitrogens with one attached hydrogen (secondary N) is 1. The molecule has 1 heterocycles. The van der Waals surface area contributed by atoms with E-state index in [1.165, 1.54) is 4.90 Å². The van der Waals surface area contributed by atoms with Crippen LogP contribution in [-0.2, 0) is 43.9 Å². The van der Waals surface area contributed by atoms with Crippen LogP contribution >= 0.6 is 8.25 Å². The van der Waals surface area contributed by atoms with Gasteiger partial charge in [-0.3, -0.25) is 9.59 Å². The zero-order valence-corrected chi connectivity index (χ0v) is 19.8. The summed E-state index contributed by atoms with van der Waals surface area (Å²) in [5, 5.41) is 12.2. The molecule has 1 aliphatic rings. The van der Waals surface area contributed by atoms with Crippen molar-refractivity contribution in [3.63, 3.8) is 0 Å². The Morgan fingerprint density at radius 1 is 1.12 bits per heavy atom. The number of nitrogens with zero attached hydrogens (tertiary/aromatic N) is 1. The van der Waals surface area contributed by atoms with Crippen molar-refractivity contribution in [2.24, 2.45) is 0 Å². The maximum absolute atomic E-state index is 12.9. The van der Waals surface area contributed by atoms with Gasteiger partial charge in [0.2, 0.25) is 0 Å². The first kappa shape index (κ1) is 27.2. The highest BCUT2D eigenvalue weighted by atomic mass is 31.1. The Hall–Kier alpha value is -3.08. The van der Waals surface area contributed by atoms with Crippen LogP contribution in [0.2, 0.25) is 0 Å². The molecule has 0 spiro atoms. The van der Waals surface area contributed by atoms with Gasteiger partial charge in [0.1, 0.15) is 12.6 Å². The normalized spacial score (nSPS) is 17.0. The number of piperidine rings is 1. The van der Waals surface area contributed by atoms with Crippen LogP contribution in [0.1, 0.15) is 38.7 Å². The molecule has 2 unspecified atom stereocenters. The predicted molar refractivity (Wildman–Crippen MR) is 116 cm³/mol. The van der Waals surface area contributed by atoms with E-state index in [2.05, 4.69) is 14.8 Å². The number of benzene rings is 1. The average molecular weight is 499 g/mol. The Balaban J connectivity index is 2.04. The molecule has 1 fully saturated rings. The second-order valence-corrected chi connectivity index (χ2v) is 8.43. The van der Waals surface area contributed by atoms with Crippen molar-refractivity contribution in [2.75, 3.05) is 13.2 Å². The first-order chi connectivity index (χ1) is 16.2. The molecule has 2 N–H and O–H groups in total. The lowest BCUT2D eigenvalue weighted by Gasteiger charge is -2.34. The highest BCUT2D eigenvalue weighted by molar-refractivity contribution is 7.33. The lowest BCUT2D eigenvalue weighted by atomic mass is 10.0. The number of hydrogen-bond acceptors (Lipinski definition) is 9. The number of esters is 2. The molecule has 1 aromatic carbocycles. The van der Waals surface area contributed by atoms with E-state index in [1.54, 1.807) is 0 Å². The van der Waals surface area contributed by atoms with Gasteiger partial charge in [0.05, 0.1) is 6.04 Å². The molecule has 0 saturated carbocycles. The number of carbonyl (C=O) groups is 4. The van der Waals surface area contributed by atoms with E-state index in [9.17, 15) is 28.8 Å². The van der Waals surface area contributed by atoms with Crippen molar-refractivity contribution in [1.29, 1.82) is 0 Å². The van der Waals surface area contributed by atoms with Gasteiger partial charge in [-0.05, 0) is 35.8 Å². The monoisotopic (exact) mass is 499 g/mol. The highest BCUT2D eigenvalue weighted by Gasteiger charge is 2.35. The summed E-state index contributed by atoms with van der Waals surface area (Å²) in [5.41, 5.74) is 0.846. The molecule has 1 aliphatic heterocycles. The van der Waals surface area contributed by atoms with Crippen LogP contribution < -0.4 is 5.32 Å². The number of amides is 2. The zero-order chi connectivity index (χ0) is 25.1. The molecular weight excluding hydrogens is 471 g/mol. The maximum atomic E-state index is 12.9. The number of likely N-dealkylation sites (tertiary alicyclic amines) is 1. The van der Waals surface area contributed by atoms with Gasteiger partial charge in [-0.2, -0.15) is 0 Å². The Kier molecular flexibility index (Phi) is 10.9. The van der Waals surface area contributed by atoms with E-state index in [0.29, 0.717) is 32.2 Å². The molecule has 1 saturated heterocycles. The smallest absolute Gasteiger partial charge is 0.480 e. The van der Waals surface area contributed by atoms with E-state index in [0.717, 1.165) is 19.4 Å². The van der Waals surface area contributed by atoms with E-state index in [1.807, 2.05) is 30.3 Å². The molecule has 0 aromatic heterocycles. The Labute approximate surface area is 197 Å². The van der Waals surface area contributed by atoms with Gasteiger partial charge in [-0.25, -0.2) is 9.59 Å². The number of rotatable bonds is 11. The SMILES string of the molecule is CC(=O)OC(OC(C)=O)O[P+](=O)OCC(Cc1ccccc1)NC(=O)N1CCCC[C@H]1C(=O)O. The number of carboxylic acid groups (broad SMARTS) is 1. The minimum absolute atomic E-state index is 0.283. The quantitative estimate of drug-likeness (QED) is 0.263. The fraction of sp³-hybridized carbons (Fsp3) is 0.524. The third-order valence-corrected chi connectivity index (χ3v) is 5.48. The van der Waals surface area contributed by atoms with Crippen LogP contribution in [0.25, 0.3) is 0 Å². The largest absolute Gasteiger partial charge is 0.704 e. The number of carbonyl (C=O) groups excluding carboxylic acids is 3. The van der Waals surface area contributed by atoms with Crippen molar-refractivity contribution in [3.8, 4) is 0 Å². The summed E-state index contributed by atoms with van der Waals surface area (Å²) in [6, 6.07) is 6.90. The molecule has 13 heteroatoms. The first-order valence-corrected chi connectivity index (χ1v) is 11.7. The number of aliphatic carboxylic acids is 1. The van der Waals surface area contributed by atoms with Crippen molar-refractivity contribution in [3.05, 3.63) is 35.9 Å². The number of ether oxygens (including phenoxy) is 2. The van der Waals surface area contributed by atoms with E-state index in [-0.39, 0.29) is 6.61 Å². The van der Waals surface area contributed by atoms with Crippen molar-refractivity contribution in [2.45, 2.75) is 58.1 Å². The second kappa shape index (κ2) is 13.6. The molecule has 2 rings (SSSR count). The lowest BCUT2D eigenvalue weighted by Crippen LogP contribution is -2.54. The molecular formula is C21H28N2O10P+. The van der Waals surface area contributed by atoms with Crippen LogP contribution in [0.15, 0.2) is 30.3 Å². The summed E-state index contributed by atoms with van der Waals surface area (Å²) in [6.45, 7) is 0.249. The van der Waals surface area contributed by atoms with Crippen molar-refractivity contribution in [1.82, 2.24) is 10.2 Å². The summed E-state index contributed by atoms with van der Waals surface area (Å²) in [4.78, 5) is 47.9. The third-order valence-electron chi connectivity index (χ3n) is 4.78. The van der Waals surface area contributed by atoms with Crippen LogP contribution in [0.3, 0.4) is 0 Å². The Morgan fingerprint density at radius 2 is 1.76 bits per heavy atom. The van der Waals surface area contributed by atoms with Gasteiger partial charge in [0.15, 0.2) is 0 Å². The van der Waals surface area contributed by atoms with Crippen LogP contribution in [0, 0.1) is 0 Å². The van der Waals surface area contributed by atoms with Crippen LogP contribution in [-0.4, -0.2) is 65.7 Å². The van der Waals surface area contributed by atoms with Gasteiger partial charge in [0, 0.05) is 25.0 Å². The Morgan fingerprint density at radius 3 is 2.35 bits per heavy atom. The summed E-state index contributed by atoms with van der Waals surface area (Å²) in [5.74, 6) is -2.75. The third kappa shape index (κ3) is 9.42. The van der Waals surface area contributed by atoms with E-state index >= 15 is 0 Å². The summed E-state index contributed by atoms with van der Waals surface area (Å²) >= 11 is 0. The molecule has 1 aromatic rings. The standard InChI is InChI=1S/C21H27N2O10P/c1-14(24)31-21(32-15(2)25)33-34(29)30-13-17(12-16-8-4-3-5-9-16)22-20(28)23-11-7-6-10-18(23)19(26)27/h3-5,8-9,17-18,21H,6-7,10-13H2,1-2H3,(H-,22,26,27,28)/p+1/t17?,18-/m0/s1. The summed E-state index contributed by atoms with van der Waals surface area (Å²) in [6.07, 6.45) is 2.04. The van der Waals surface area contributed by atoms with Crippen LogP contribution in [0.5, 0.6) is 0 Å². The molecule has 34 heavy (non-hydrogen) atoms. The van der Waals surface area contributed by atoms with Crippen molar-refractivity contribution >= 4 is 32.2 Å². The molecule has 3 atom stereocenters. The van der Waals surface area contributed by atoms with E-state index in [4.69, 9.17) is 9.05 Å².